The summed E-state index contributed by atoms with van der Waals surface area (Å²) in [6.45, 7) is 1.84. The Kier molecular flexibility index (Phi) is 5.00. The summed E-state index contributed by atoms with van der Waals surface area (Å²) in [4.78, 5) is 21.4. The topological polar surface area (TPSA) is 67.4 Å². The molecule has 0 unspecified atom stereocenters. The second kappa shape index (κ2) is 7.45. The number of rotatable bonds is 3. The van der Waals surface area contributed by atoms with Gasteiger partial charge >= 0.3 is 5.69 Å². The van der Waals surface area contributed by atoms with Gasteiger partial charge in [0, 0.05) is 49.3 Å². The molecular weight excluding hydrogens is 374 g/mol. The van der Waals surface area contributed by atoms with Gasteiger partial charge in [0.15, 0.2) is 0 Å². The van der Waals surface area contributed by atoms with E-state index in [0.717, 1.165) is 48.2 Å². The van der Waals surface area contributed by atoms with Gasteiger partial charge < -0.3 is 15.5 Å². The molecule has 3 aromatic rings. The number of nitrogens with zero attached hydrogens (tertiary/aromatic N) is 4. The van der Waals surface area contributed by atoms with Gasteiger partial charge in [-0.1, -0.05) is 17.7 Å². The highest BCUT2D eigenvalue weighted by Crippen LogP contribution is 2.28. The first-order chi connectivity index (χ1) is 13.4. The molecule has 1 fully saturated rings. The lowest BCUT2D eigenvalue weighted by Gasteiger charge is -2.32. The molecule has 0 atom stereocenters. The number of hydrogen-bond acceptors (Lipinski definition) is 5. The largest absolute Gasteiger partial charge is 0.371 e. The molecule has 28 heavy (non-hydrogen) atoms. The number of piperidine rings is 1. The predicted octanol–water partition coefficient (Wildman–Crippen LogP) is 3.03. The fourth-order valence-corrected chi connectivity index (χ4v) is 3.93. The Bertz CT molecular complexity index is 1070. The monoisotopic (exact) mass is 397 g/mol. The molecule has 146 valence electrons. The summed E-state index contributed by atoms with van der Waals surface area (Å²) in [5.41, 5.74) is 8.32. The third-order valence-corrected chi connectivity index (χ3v) is 5.49. The first-order valence-corrected chi connectivity index (χ1v) is 9.82. The van der Waals surface area contributed by atoms with Crippen molar-refractivity contribution in [2.75, 3.05) is 37.0 Å². The molecule has 1 aromatic heterocycles. The first kappa shape index (κ1) is 18.8. The van der Waals surface area contributed by atoms with Gasteiger partial charge in [-0.25, -0.2) is 4.79 Å². The van der Waals surface area contributed by atoms with Crippen LogP contribution in [0.25, 0.3) is 16.6 Å². The molecule has 0 bridgehead atoms. The smallest absolute Gasteiger partial charge is 0.354 e. The SMILES string of the molecule is CN(C)c1nc(=O)n(-c2cccc(N3CCC(N)CC3)c2)c2cc(Cl)ccc12. The van der Waals surface area contributed by atoms with Gasteiger partial charge in [0.25, 0.3) is 0 Å². The Morgan fingerprint density at radius 3 is 2.54 bits per heavy atom. The third kappa shape index (κ3) is 3.45. The zero-order chi connectivity index (χ0) is 19.8. The minimum atomic E-state index is -0.323. The lowest BCUT2D eigenvalue weighted by Crippen LogP contribution is -2.39. The summed E-state index contributed by atoms with van der Waals surface area (Å²) < 4.78 is 1.63. The van der Waals surface area contributed by atoms with Gasteiger partial charge in [-0.15, -0.1) is 0 Å². The molecule has 2 heterocycles. The van der Waals surface area contributed by atoms with E-state index in [4.69, 9.17) is 17.3 Å². The van der Waals surface area contributed by atoms with Crippen LogP contribution in [0.4, 0.5) is 11.5 Å². The zero-order valence-corrected chi connectivity index (χ0v) is 16.9. The van der Waals surface area contributed by atoms with Crippen LogP contribution in [-0.2, 0) is 0 Å². The fraction of sp³-hybridized carbons (Fsp3) is 0.333. The minimum absolute atomic E-state index is 0.274. The van der Waals surface area contributed by atoms with Crippen LogP contribution in [0.3, 0.4) is 0 Å². The molecule has 4 rings (SSSR count). The van der Waals surface area contributed by atoms with E-state index in [0.29, 0.717) is 10.8 Å². The van der Waals surface area contributed by atoms with E-state index >= 15 is 0 Å². The summed E-state index contributed by atoms with van der Waals surface area (Å²) >= 11 is 6.26. The van der Waals surface area contributed by atoms with E-state index in [1.165, 1.54) is 0 Å². The summed E-state index contributed by atoms with van der Waals surface area (Å²) in [5.74, 6) is 0.633. The van der Waals surface area contributed by atoms with Crippen LogP contribution in [-0.4, -0.2) is 42.8 Å². The Morgan fingerprint density at radius 2 is 1.82 bits per heavy atom. The van der Waals surface area contributed by atoms with Crippen LogP contribution < -0.4 is 21.2 Å². The van der Waals surface area contributed by atoms with Crippen molar-refractivity contribution < 1.29 is 0 Å². The van der Waals surface area contributed by atoms with E-state index in [2.05, 4.69) is 16.0 Å². The summed E-state index contributed by atoms with van der Waals surface area (Å²) in [6, 6.07) is 13.8. The van der Waals surface area contributed by atoms with Crippen molar-refractivity contribution in [3.8, 4) is 5.69 Å². The van der Waals surface area contributed by atoms with Crippen molar-refractivity contribution in [2.24, 2.45) is 5.73 Å². The lowest BCUT2D eigenvalue weighted by molar-refractivity contribution is 0.501. The van der Waals surface area contributed by atoms with Crippen molar-refractivity contribution in [1.29, 1.82) is 0 Å². The standard InChI is InChI=1S/C21H24ClN5O/c1-25(2)20-18-7-6-14(22)12-19(18)27(21(28)24-20)17-5-3-4-16(13-17)26-10-8-15(23)9-11-26/h3-7,12-13,15H,8-11,23H2,1-2H3. The highest BCUT2D eigenvalue weighted by Gasteiger charge is 2.18. The maximum absolute atomic E-state index is 13.0. The number of hydrogen-bond donors (Lipinski definition) is 1. The van der Waals surface area contributed by atoms with Gasteiger partial charge in [0.1, 0.15) is 5.82 Å². The molecule has 0 aliphatic carbocycles. The van der Waals surface area contributed by atoms with Crippen molar-refractivity contribution in [3.63, 3.8) is 0 Å². The molecule has 1 aliphatic heterocycles. The summed E-state index contributed by atoms with van der Waals surface area (Å²) in [5, 5.41) is 1.46. The number of nitrogens with two attached hydrogens (primary N) is 1. The van der Waals surface area contributed by atoms with Crippen LogP contribution in [0, 0.1) is 0 Å². The summed E-state index contributed by atoms with van der Waals surface area (Å²) in [6.07, 6.45) is 1.95. The Labute approximate surface area is 169 Å². The minimum Gasteiger partial charge on any atom is -0.371 e. The molecule has 0 spiro atoms. The molecule has 2 aromatic carbocycles. The van der Waals surface area contributed by atoms with E-state index < -0.39 is 0 Å². The second-order valence-corrected chi connectivity index (χ2v) is 7.89. The predicted molar refractivity (Wildman–Crippen MR) is 116 cm³/mol. The van der Waals surface area contributed by atoms with Crippen LogP contribution in [0.5, 0.6) is 0 Å². The van der Waals surface area contributed by atoms with Crippen molar-refractivity contribution in [2.45, 2.75) is 18.9 Å². The van der Waals surface area contributed by atoms with Crippen molar-refractivity contribution in [3.05, 3.63) is 58.0 Å². The van der Waals surface area contributed by atoms with Crippen LogP contribution in [0.15, 0.2) is 47.3 Å². The number of anilines is 2. The lowest BCUT2D eigenvalue weighted by atomic mass is 10.1. The van der Waals surface area contributed by atoms with E-state index in [1.807, 2.05) is 55.4 Å². The second-order valence-electron chi connectivity index (χ2n) is 7.45. The molecule has 6 nitrogen and oxygen atoms in total. The molecule has 0 saturated carbocycles. The van der Waals surface area contributed by atoms with Crippen LogP contribution in [0.2, 0.25) is 5.02 Å². The first-order valence-electron chi connectivity index (χ1n) is 9.44. The quantitative estimate of drug-likeness (QED) is 0.735. The van der Waals surface area contributed by atoms with Gasteiger partial charge in [0.2, 0.25) is 0 Å². The highest BCUT2D eigenvalue weighted by atomic mass is 35.5. The molecule has 1 aliphatic rings. The Hall–Kier alpha value is -2.57. The Morgan fingerprint density at radius 1 is 1.11 bits per heavy atom. The van der Waals surface area contributed by atoms with Gasteiger partial charge in [-0.05, 0) is 49.2 Å². The van der Waals surface area contributed by atoms with Crippen LogP contribution >= 0.6 is 11.6 Å². The van der Waals surface area contributed by atoms with E-state index in [1.54, 1.807) is 4.57 Å². The number of fused-ring (bicyclic) bond motifs is 1. The van der Waals surface area contributed by atoms with Crippen molar-refractivity contribution in [1.82, 2.24) is 9.55 Å². The van der Waals surface area contributed by atoms with Crippen LogP contribution in [0.1, 0.15) is 12.8 Å². The normalized spacial score (nSPS) is 15.2. The molecule has 0 radical (unpaired) electrons. The number of benzene rings is 2. The van der Waals surface area contributed by atoms with E-state index in [-0.39, 0.29) is 11.7 Å². The number of halogens is 1. The average Bonchev–Trinajstić information content (AvgIpc) is 2.67. The summed E-state index contributed by atoms with van der Waals surface area (Å²) in [7, 11) is 3.75. The zero-order valence-electron chi connectivity index (χ0n) is 16.1. The molecule has 7 heteroatoms. The Balaban J connectivity index is 1.87. The average molecular weight is 398 g/mol. The molecule has 0 amide bonds. The number of aromatic nitrogens is 2. The molecule has 2 N–H and O–H groups in total. The van der Waals surface area contributed by atoms with Gasteiger partial charge in [0.05, 0.1) is 11.2 Å². The van der Waals surface area contributed by atoms with Gasteiger partial charge in [-0.2, -0.15) is 4.98 Å². The van der Waals surface area contributed by atoms with Gasteiger partial charge in [-0.3, -0.25) is 4.57 Å². The highest BCUT2D eigenvalue weighted by molar-refractivity contribution is 6.31. The molecule has 1 saturated heterocycles. The van der Waals surface area contributed by atoms with E-state index in [9.17, 15) is 4.79 Å². The fourth-order valence-electron chi connectivity index (χ4n) is 3.76. The van der Waals surface area contributed by atoms with Crippen molar-refractivity contribution >= 4 is 34.0 Å². The molecular formula is C21H24ClN5O. The third-order valence-electron chi connectivity index (χ3n) is 5.25. The maximum atomic E-state index is 13.0. The maximum Gasteiger partial charge on any atom is 0.354 e.